The number of urea groups is 1. The van der Waals surface area contributed by atoms with Crippen LogP contribution in [0.25, 0.3) is 11.0 Å². The number of benzene rings is 2. The molecule has 0 unspecified atom stereocenters. The fourth-order valence-electron chi connectivity index (χ4n) is 3.70. The van der Waals surface area contributed by atoms with E-state index in [4.69, 9.17) is 0 Å². The fourth-order valence-corrected chi connectivity index (χ4v) is 3.70. The van der Waals surface area contributed by atoms with Crippen molar-refractivity contribution in [3.63, 3.8) is 0 Å². The molecule has 7 nitrogen and oxygen atoms in total. The molecule has 2 heterocycles. The van der Waals surface area contributed by atoms with E-state index in [-0.39, 0.29) is 5.69 Å². The van der Waals surface area contributed by atoms with Gasteiger partial charge >= 0.3 is 11.7 Å². The number of fused-ring (bicyclic) bond motifs is 1. The average Bonchev–Trinajstić information content (AvgIpc) is 3.26. The SMILES string of the molecule is Cn1c(=O)n(C)c2cc(N3CCCC3)c(NC(=O)Nc3cccc(F)c3)cc21. The maximum Gasteiger partial charge on any atom is 0.328 e. The van der Waals surface area contributed by atoms with Crippen molar-refractivity contribution in [3.8, 4) is 0 Å². The molecule has 0 radical (unpaired) electrons. The maximum atomic E-state index is 13.4. The highest BCUT2D eigenvalue weighted by Gasteiger charge is 2.20. The number of nitrogens with zero attached hydrogens (tertiary/aromatic N) is 3. The molecule has 2 N–H and O–H groups in total. The zero-order chi connectivity index (χ0) is 19.8. The van der Waals surface area contributed by atoms with Crippen LogP contribution < -0.4 is 21.2 Å². The van der Waals surface area contributed by atoms with Crippen LogP contribution in [-0.2, 0) is 14.1 Å². The van der Waals surface area contributed by atoms with Gasteiger partial charge in [0.1, 0.15) is 5.82 Å². The van der Waals surface area contributed by atoms with Gasteiger partial charge in [-0.1, -0.05) is 6.07 Å². The minimum Gasteiger partial charge on any atom is -0.370 e. The van der Waals surface area contributed by atoms with E-state index in [0.29, 0.717) is 11.4 Å². The van der Waals surface area contributed by atoms with Gasteiger partial charge in [-0.15, -0.1) is 0 Å². The minimum absolute atomic E-state index is 0.122. The largest absolute Gasteiger partial charge is 0.370 e. The number of rotatable bonds is 3. The summed E-state index contributed by atoms with van der Waals surface area (Å²) >= 11 is 0. The molecule has 4 rings (SSSR count). The number of imidazole rings is 1. The minimum atomic E-state index is -0.466. The summed E-state index contributed by atoms with van der Waals surface area (Å²) in [7, 11) is 3.44. The first-order chi connectivity index (χ1) is 13.4. The Balaban J connectivity index is 1.71. The molecular formula is C20H22FN5O2. The lowest BCUT2D eigenvalue weighted by atomic mass is 10.2. The second-order valence-electron chi connectivity index (χ2n) is 7.04. The van der Waals surface area contributed by atoms with Crippen molar-refractivity contribution in [2.45, 2.75) is 12.8 Å². The van der Waals surface area contributed by atoms with Crippen LogP contribution in [0.1, 0.15) is 12.8 Å². The molecule has 8 heteroatoms. The van der Waals surface area contributed by atoms with Crippen molar-refractivity contribution in [1.29, 1.82) is 0 Å². The lowest BCUT2D eigenvalue weighted by Crippen LogP contribution is -2.24. The predicted octanol–water partition coefficient (Wildman–Crippen LogP) is 3.26. The standard InChI is InChI=1S/C20H22FN5O2/c1-24-17-11-15(23-19(27)22-14-7-5-6-13(21)10-14)16(26-8-3-4-9-26)12-18(17)25(2)20(24)28/h5-7,10-12H,3-4,8-9H2,1-2H3,(H2,22,23,27). The lowest BCUT2D eigenvalue weighted by molar-refractivity contribution is 0.262. The number of halogens is 1. The van der Waals surface area contributed by atoms with Gasteiger partial charge in [-0.2, -0.15) is 0 Å². The maximum absolute atomic E-state index is 13.4. The van der Waals surface area contributed by atoms with Crippen LogP contribution in [0, 0.1) is 5.82 Å². The molecule has 1 fully saturated rings. The number of anilines is 3. The zero-order valence-corrected chi connectivity index (χ0v) is 15.8. The quantitative estimate of drug-likeness (QED) is 0.729. The number of amides is 2. The Bertz CT molecular complexity index is 1110. The topological polar surface area (TPSA) is 71.3 Å². The van der Waals surface area contributed by atoms with Gasteiger partial charge in [0.25, 0.3) is 0 Å². The first-order valence-electron chi connectivity index (χ1n) is 9.22. The monoisotopic (exact) mass is 383 g/mol. The van der Waals surface area contributed by atoms with Gasteiger partial charge < -0.3 is 15.5 Å². The molecule has 3 aromatic rings. The highest BCUT2D eigenvalue weighted by atomic mass is 19.1. The molecule has 0 saturated carbocycles. The van der Waals surface area contributed by atoms with E-state index in [1.165, 1.54) is 18.2 Å². The highest BCUT2D eigenvalue weighted by molar-refractivity contribution is 6.04. The van der Waals surface area contributed by atoms with Crippen LogP contribution in [0.5, 0.6) is 0 Å². The van der Waals surface area contributed by atoms with Gasteiger partial charge in [0.15, 0.2) is 0 Å². The van der Waals surface area contributed by atoms with E-state index < -0.39 is 11.8 Å². The van der Waals surface area contributed by atoms with Gasteiger partial charge in [0.05, 0.1) is 22.4 Å². The smallest absolute Gasteiger partial charge is 0.328 e. The van der Waals surface area contributed by atoms with Gasteiger partial charge in [-0.25, -0.2) is 14.0 Å². The summed E-state index contributed by atoms with van der Waals surface area (Å²) in [5, 5.41) is 5.51. The van der Waals surface area contributed by atoms with E-state index in [1.807, 2.05) is 12.1 Å². The molecule has 1 aliphatic rings. The van der Waals surface area contributed by atoms with E-state index in [9.17, 15) is 14.0 Å². The molecule has 1 aliphatic heterocycles. The van der Waals surface area contributed by atoms with E-state index in [1.54, 1.807) is 29.3 Å². The van der Waals surface area contributed by atoms with Crippen molar-refractivity contribution in [3.05, 3.63) is 52.7 Å². The molecule has 0 aliphatic carbocycles. The lowest BCUT2D eigenvalue weighted by Gasteiger charge is -2.22. The summed E-state index contributed by atoms with van der Waals surface area (Å²) in [6.07, 6.45) is 2.17. The molecule has 1 saturated heterocycles. The summed E-state index contributed by atoms with van der Waals surface area (Å²) in [5.41, 5.74) is 3.28. The van der Waals surface area contributed by atoms with Crippen molar-refractivity contribution in [2.75, 3.05) is 28.6 Å². The van der Waals surface area contributed by atoms with Gasteiger partial charge in [-0.05, 0) is 43.2 Å². The summed E-state index contributed by atoms with van der Waals surface area (Å²) in [4.78, 5) is 27.0. The summed E-state index contributed by atoms with van der Waals surface area (Å²) < 4.78 is 16.5. The number of carbonyl (C=O) groups excluding carboxylic acids is 1. The van der Waals surface area contributed by atoms with E-state index in [2.05, 4.69) is 15.5 Å². The second-order valence-corrected chi connectivity index (χ2v) is 7.04. The average molecular weight is 383 g/mol. The number of hydrogen-bond acceptors (Lipinski definition) is 3. The Kier molecular flexibility index (Phi) is 4.54. The van der Waals surface area contributed by atoms with Gasteiger partial charge in [0.2, 0.25) is 0 Å². The Morgan fingerprint density at radius 2 is 1.68 bits per heavy atom. The van der Waals surface area contributed by atoms with Crippen LogP contribution in [0.4, 0.5) is 26.2 Å². The number of hydrogen-bond donors (Lipinski definition) is 2. The zero-order valence-electron chi connectivity index (χ0n) is 15.8. The Morgan fingerprint density at radius 3 is 2.36 bits per heavy atom. The van der Waals surface area contributed by atoms with E-state index in [0.717, 1.165) is 42.7 Å². The molecule has 2 aromatic carbocycles. The number of nitrogens with one attached hydrogen (secondary N) is 2. The Hall–Kier alpha value is -3.29. The first-order valence-corrected chi connectivity index (χ1v) is 9.22. The van der Waals surface area contributed by atoms with Crippen molar-refractivity contribution < 1.29 is 9.18 Å². The molecule has 28 heavy (non-hydrogen) atoms. The van der Waals surface area contributed by atoms with Crippen LogP contribution >= 0.6 is 0 Å². The van der Waals surface area contributed by atoms with Crippen LogP contribution in [0.3, 0.4) is 0 Å². The highest BCUT2D eigenvalue weighted by Crippen LogP contribution is 2.33. The molecular weight excluding hydrogens is 361 g/mol. The normalized spacial score (nSPS) is 13.9. The third-order valence-corrected chi connectivity index (χ3v) is 5.17. The summed E-state index contributed by atoms with van der Waals surface area (Å²) in [6.45, 7) is 1.79. The summed E-state index contributed by atoms with van der Waals surface area (Å²) in [5.74, 6) is -0.420. The predicted molar refractivity (Wildman–Crippen MR) is 109 cm³/mol. The number of aryl methyl sites for hydroxylation is 2. The van der Waals surface area contributed by atoms with Crippen LogP contribution in [0.2, 0.25) is 0 Å². The molecule has 0 spiro atoms. The third kappa shape index (κ3) is 3.21. The van der Waals surface area contributed by atoms with E-state index >= 15 is 0 Å². The number of aromatic nitrogens is 2. The molecule has 0 atom stereocenters. The van der Waals surface area contributed by atoms with Crippen molar-refractivity contribution in [2.24, 2.45) is 14.1 Å². The first kappa shape index (κ1) is 18.1. The second kappa shape index (κ2) is 7.03. The van der Waals surface area contributed by atoms with Gasteiger partial charge in [-0.3, -0.25) is 9.13 Å². The Morgan fingerprint density at radius 1 is 1.00 bits per heavy atom. The van der Waals surface area contributed by atoms with Gasteiger partial charge in [0, 0.05) is 32.9 Å². The number of carbonyl (C=O) groups is 1. The van der Waals surface area contributed by atoms with Crippen LogP contribution in [-0.4, -0.2) is 28.3 Å². The Labute approximate surface area is 161 Å². The molecule has 2 amide bonds. The molecule has 1 aromatic heterocycles. The fraction of sp³-hybridized carbons (Fsp3) is 0.300. The summed E-state index contributed by atoms with van der Waals surface area (Å²) in [6, 6.07) is 9.02. The van der Waals surface area contributed by atoms with Crippen molar-refractivity contribution >= 4 is 34.1 Å². The molecule has 0 bridgehead atoms. The molecule has 146 valence electrons. The third-order valence-electron chi connectivity index (χ3n) is 5.17. The van der Waals surface area contributed by atoms with Crippen LogP contribution in [0.15, 0.2) is 41.2 Å². The van der Waals surface area contributed by atoms with Crippen molar-refractivity contribution in [1.82, 2.24) is 9.13 Å².